The van der Waals surface area contributed by atoms with Gasteiger partial charge in [0.25, 0.3) is 0 Å². The fourth-order valence-electron chi connectivity index (χ4n) is 1.69. The monoisotopic (exact) mass is 230 g/mol. The normalized spacial score (nSPS) is 14.9. The predicted octanol–water partition coefficient (Wildman–Crippen LogP) is 1.29. The third-order valence-corrected chi connectivity index (χ3v) is 2.41. The Bertz CT molecular complexity index is 195. The maximum atomic E-state index is 11.7. The second kappa shape index (κ2) is 8.53. The van der Waals surface area contributed by atoms with Gasteiger partial charge in [-0.05, 0) is 32.1 Å². The molecule has 0 aliphatic heterocycles. The SMILES string of the molecule is COCCCC(N)C(=O)NC(C)CC(C)C. The van der Waals surface area contributed by atoms with Crippen molar-refractivity contribution in [2.24, 2.45) is 11.7 Å². The van der Waals surface area contributed by atoms with E-state index in [9.17, 15) is 4.79 Å². The number of hydrogen-bond acceptors (Lipinski definition) is 3. The summed E-state index contributed by atoms with van der Waals surface area (Å²) >= 11 is 0. The van der Waals surface area contributed by atoms with Crippen molar-refractivity contribution in [3.05, 3.63) is 0 Å². The van der Waals surface area contributed by atoms with Crippen LogP contribution in [-0.4, -0.2) is 31.7 Å². The van der Waals surface area contributed by atoms with Crippen molar-refractivity contribution in [3.8, 4) is 0 Å². The first-order valence-electron chi connectivity index (χ1n) is 6.02. The van der Waals surface area contributed by atoms with Gasteiger partial charge in [0.15, 0.2) is 0 Å². The lowest BCUT2D eigenvalue weighted by molar-refractivity contribution is -0.123. The molecule has 0 radical (unpaired) electrons. The topological polar surface area (TPSA) is 64.3 Å². The van der Waals surface area contributed by atoms with E-state index in [0.29, 0.717) is 18.9 Å². The quantitative estimate of drug-likeness (QED) is 0.618. The van der Waals surface area contributed by atoms with Crippen LogP contribution in [0.1, 0.15) is 40.0 Å². The minimum Gasteiger partial charge on any atom is -0.385 e. The van der Waals surface area contributed by atoms with Crippen molar-refractivity contribution >= 4 is 5.91 Å². The summed E-state index contributed by atoms with van der Waals surface area (Å²) in [4.78, 5) is 11.7. The van der Waals surface area contributed by atoms with Crippen molar-refractivity contribution in [1.82, 2.24) is 5.32 Å². The van der Waals surface area contributed by atoms with E-state index in [1.165, 1.54) is 0 Å². The molecule has 1 amide bonds. The summed E-state index contributed by atoms with van der Waals surface area (Å²) in [5.41, 5.74) is 5.77. The van der Waals surface area contributed by atoms with Gasteiger partial charge in [-0.15, -0.1) is 0 Å². The van der Waals surface area contributed by atoms with E-state index in [4.69, 9.17) is 10.5 Å². The van der Waals surface area contributed by atoms with Crippen molar-refractivity contribution in [2.75, 3.05) is 13.7 Å². The summed E-state index contributed by atoms with van der Waals surface area (Å²) in [6.07, 6.45) is 2.48. The molecule has 2 atom stereocenters. The molecule has 0 fully saturated rings. The van der Waals surface area contributed by atoms with Gasteiger partial charge in [-0.1, -0.05) is 13.8 Å². The largest absolute Gasteiger partial charge is 0.385 e. The molecule has 96 valence electrons. The number of rotatable bonds is 8. The fraction of sp³-hybridized carbons (Fsp3) is 0.917. The first-order chi connectivity index (χ1) is 7.47. The zero-order chi connectivity index (χ0) is 12.6. The maximum Gasteiger partial charge on any atom is 0.237 e. The summed E-state index contributed by atoms with van der Waals surface area (Å²) in [5.74, 6) is 0.532. The molecule has 4 nitrogen and oxygen atoms in total. The van der Waals surface area contributed by atoms with E-state index in [1.807, 2.05) is 6.92 Å². The van der Waals surface area contributed by atoms with Crippen LogP contribution in [0.4, 0.5) is 0 Å². The Morgan fingerprint density at radius 3 is 2.50 bits per heavy atom. The highest BCUT2D eigenvalue weighted by Crippen LogP contribution is 2.04. The van der Waals surface area contributed by atoms with Crippen molar-refractivity contribution in [3.63, 3.8) is 0 Å². The maximum absolute atomic E-state index is 11.7. The fourth-order valence-corrected chi connectivity index (χ4v) is 1.69. The minimum atomic E-state index is -0.412. The van der Waals surface area contributed by atoms with Crippen LogP contribution in [0.25, 0.3) is 0 Å². The van der Waals surface area contributed by atoms with Gasteiger partial charge in [0.1, 0.15) is 0 Å². The van der Waals surface area contributed by atoms with Crippen LogP contribution in [0.2, 0.25) is 0 Å². The molecule has 4 heteroatoms. The molecule has 0 aliphatic carbocycles. The molecule has 0 aromatic rings. The number of nitrogens with one attached hydrogen (secondary N) is 1. The lowest BCUT2D eigenvalue weighted by atomic mass is 10.0. The minimum absolute atomic E-state index is 0.0516. The van der Waals surface area contributed by atoms with Gasteiger partial charge in [-0.3, -0.25) is 4.79 Å². The van der Waals surface area contributed by atoms with Gasteiger partial charge in [-0.25, -0.2) is 0 Å². The Balaban J connectivity index is 3.77. The van der Waals surface area contributed by atoms with Gasteiger partial charge in [-0.2, -0.15) is 0 Å². The van der Waals surface area contributed by atoms with Crippen molar-refractivity contribution in [2.45, 2.75) is 52.1 Å². The Morgan fingerprint density at radius 2 is 2.00 bits per heavy atom. The van der Waals surface area contributed by atoms with Crippen molar-refractivity contribution < 1.29 is 9.53 Å². The molecule has 0 aromatic carbocycles. The summed E-state index contributed by atoms with van der Waals surface area (Å²) < 4.78 is 4.92. The van der Waals surface area contributed by atoms with Gasteiger partial charge in [0.05, 0.1) is 6.04 Å². The van der Waals surface area contributed by atoms with E-state index in [-0.39, 0.29) is 11.9 Å². The van der Waals surface area contributed by atoms with Gasteiger partial charge in [0, 0.05) is 19.8 Å². The van der Waals surface area contributed by atoms with E-state index >= 15 is 0 Å². The molecular formula is C12H26N2O2. The highest BCUT2D eigenvalue weighted by atomic mass is 16.5. The molecular weight excluding hydrogens is 204 g/mol. The van der Waals surface area contributed by atoms with Crippen LogP contribution in [0.15, 0.2) is 0 Å². The van der Waals surface area contributed by atoms with Crippen molar-refractivity contribution in [1.29, 1.82) is 0 Å². The molecule has 3 N–H and O–H groups in total. The molecule has 0 heterocycles. The highest BCUT2D eigenvalue weighted by molar-refractivity contribution is 5.81. The van der Waals surface area contributed by atoms with E-state index in [1.54, 1.807) is 7.11 Å². The highest BCUT2D eigenvalue weighted by Gasteiger charge is 2.15. The first kappa shape index (κ1) is 15.4. The first-order valence-corrected chi connectivity index (χ1v) is 6.02. The number of amides is 1. The molecule has 0 aliphatic rings. The van der Waals surface area contributed by atoms with Crippen LogP contribution in [0.5, 0.6) is 0 Å². The number of methoxy groups -OCH3 is 1. The molecule has 2 unspecified atom stereocenters. The molecule has 0 rings (SSSR count). The van der Waals surface area contributed by atoms with Crippen LogP contribution >= 0.6 is 0 Å². The zero-order valence-corrected chi connectivity index (χ0v) is 11.0. The Labute approximate surface area is 98.9 Å². The summed E-state index contributed by atoms with van der Waals surface area (Å²) in [6, 6.07) is -0.217. The molecule has 0 spiro atoms. The van der Waals surface area contributed by atoms with Crippen LogP contribution in [0.3, 0.4) is 0 Å². The molecule has 0 aromatic heterocycles. The molecule has 0 bridgehead atoms. The average molecular weight is 230 g/mol. The summed E-state index contributed by atoms with van der Waals surface area (Å²) in [6.45, 7) is 6.95. The lowest BCUT2D eigenvalue weighted by Crippen LogP contribution is -2.44. The predicted molar refractivity (Wildman–Crippen MR) is 66.1 cm³/mol. The van der Waals surface area contributed by atoms with Crippen LogP contribution in [-0.2, 0) is 9.53 Å². The van der Waals surface area contributed by atoms with Crippen LogP contribution < -0.4 is 11.1 Å². The lowest BCUT2D eigenvalue weighted by Gasteiger charge is -2.18. The summed E-state index contributed by atoms with van der Waals surface area (Å²) in [7, 11) is 1.65. The number of nitrogens with two attached hydrogens (primary N) is 1. The summed E-state index contributed by atoms with van der Waals surface area (Å²) in [5, 5.41) is 2.93. The second-order valence-electron chi connectivity index (χ2n) is 4.78. The van der Waals surface area contributed by atoms with Gasteiger partial charge in [0.2, 0.25) is 5.91 Å². The standard InChI is InChI=1S/C12H26N2O2/c1-9(2)8-10(3)14-12(15)11(13)6-5-7-16-4/h9-11H,5-8,13H2,1-4H3,(H,14,15). The number of carbonyl (C=O) groups is 1. The molecule has 0 saturated carbocycles. The van der Waals surface area contributed by atoms with Gasteiger partial charge < -0.3 is 15.8 Å². The average Bonchev–Trinajstić information content (AvgIpc) is 2.16. The van der Waals surface area contributed by atoms with E-state index in [0.717, 1.165) is 12.8 Å². The Morgan fingerprint density at radius 1 is 1.38 bits per heavy atom. The third kappa shape index (κ3) is 7.65. The third-order valence-electron chi connectivity index (χ3n) is 2.41. The number of carbonyl (C=O) groups excluding carboxylic acids is 1. The second-order valence-corrected chi connectivity index (χ2v) is 4.78. The molecule has 0 saturated heterocycles. The van der Waals surface area contributed by atoms with E-state index < -0.39 is 6.04 Å². The molecule has 16 heavy (non-hydrogen) atoms. The number of hydrogen-bond donors (Lipinski definition) is 2. The zero-order valence-electron chi connectivity index (χ0n) is 11.0. The number of ether oxygens (including phenoxy) is 1. The van der Waals surface area contributed by atoms with E-state index in [2.05, 4.69) is 19.2 Å². The Hall–Kier alpha value is -0.610. The van der Waals surface area contributed by atoms with Crippen LogP contribution in [0, 0.1) is 5.92 Å². The van der Waals surface area contributed by atoms with Gasteiger partial charge >= 0.3 is 0 Å². The smallest absolute Gasteiger partial charge is 0.237 e. The Kier molecular flexibility index (Phi) is 8.21.